The predicted octanol–water partition coefficient (Wildman–Crippen LogP) is 4.17. The van der Waals surface area contributed by atoms with Gasteiger partial charge in [0.1, 0.15) is 5.82 Å². The van der Waals surface area contributed by atoms with Crippen molar-refractivity contribution in [2.45, 2.75) is 6.04 Å². The summed E-state index contributed by atoms with van der Waals surface area (Å²) < 4.78 is 13.1. The Bertz CT molecular complexity index is 707. The highest BCUT2D eigenvalue weighted by atomic mass is 35.5. The van der Waals surface area contributed by atoms with Gasteiger partial charge in [-0.3, -0.25) is 4.79 Å². The van der Waals surface area contributed by atoms with Crippen LogP contribution in [-0.2, 0) is 0 Å². The molecule has 0 aliphatic carbocycles. The summed E-state index contributed by atoms with van der Waals surface area (Å²) in [5, 5.41) is 3.54. The van der Waals surface area contributed by atoms with E-state index in [2.05, 4.69) is 5.32 Å². The molecular weight excluding hydrogens is 338 g/mol. The van der Waals surface area contributed by atoms with Crippen molar-refractivity contribution in [2.75, 3.05) is 20.6 Å². The molecule has 0 aromatic heterocycles. The minimum atomic E-state index is -0.478. The second-order valence-corrected chi connectivity index (χ2v) is 6.15. The molecule has 6 heteroatoms. The molecule has 0 saturated heterocycles. The number of nitrogens with one attached hydrogen (secondary N) is 1. The Hall–Kier alpha value is -1.62. The number of carbonyl (C=O) groups is 1. The Balaban J connectivity index is 2.13. The molecule has 3 nitrogen and oxygen atoms in total. The van der Waals surface area contributed by atoms with Crippen LogP contribution in [0.15, 0.2) is 42.5 Å². The van der Waals surface area contributed by atoms with Crippen molar-refractivity contribution in [1.82, 2.24) is 10.2 Å². The fourth-order valence-corrected chi connectivity index (χ4v) is 2.79. The maximum atomic E-state index is 13.1. The van der Waals surface area contributed by atoms with Gasteiger partial charge in [-0.25, -0.2) is 4.39 Å². The first-order valence-corrected chi connectivity index (χ1v) is 7.80. The Morgan fingerprint density at radius 3 is 2.48 bits per heavy atom. The van der Waals surface area contributed by atoms with Crippen LogP contribution in [0.3, 0.4) is 0 Å². The van der Waals surface area contributed by atoms with Gasteiger partial charge in [-0.15, -0.1) is 0 Å². The number of hydrogen-bond donors (Lipinski definition) is 1. The normalized spacial score (nSPS) is 12.3. The summed E-state index contributed by atoms with van der Waals surface area (Å²) in [5.74, 6) is -0.831. The van der Waals surface area contributed by atoms with Crippen molar-refractivity contribution in [3.8, 4) is 0 Å². The van der Waals surface area contributed by atoms with Crippen LogP contribution in [0, 0.1) is 5.82 Å². The molecule has 0 bridgehead atoms. The molecule has 2 aromatic rings. The summed E-state index contributed by atoms with van der Waals surface area (Å²) in [6.45, 7) is 0.350. The van der Waals surface area contributed by atoms with Gasteiger partial charge < -0.3 is 10.2 Å². The van der Waals surface area contributed by atoms with Gasteiger partial charge in [0.25, 0.3) is 5.91 Å². The number of rotatable bonds is 5. The average molecular weight is 355 g/mol. The molecule has 0 spiro atoms. The van der Waals surface area contributed by atoms with Crippen LogP contribution in [0.25, 0.3) is 0 Å². The topological polar surface area (TPSA) is 32.3 Å². The molecule has 0 heterocycles. The number of likely N-dealkylation sites (N-methyl/N-ethyl adjacent to an activating group) is 1. The fourth-order valence-electron chi connectivity index (χ4n) is 2.27. The highest BCUT2D eigenvalue weighted by Gasteiger charge is 2.19. The first-order valence-electron chi connectivity index (χ1n) is 7.04. The van der Waals surface area contributed by atoms with Gasteiger partial charge in [-0.05, 0) is 43.9 Å². The number of carbonyl (C=O) groups excluding carboxylic acids is 1. The lowest BCUT2D eigenvalue weighted by Crippen LogP contribution is -2.34. The second-order valence-electron chi connectivity index (χ2n) is 5.34. The van der Waals surface area contributed by atoms with Crippen LogP contribution in [0.2, 0.25) is 10.0 Å². The quantitative estimate of drug-likeness (QED) is 0.873. The van der Waals surface area contributed by atoms with Gasteiger partial charge in [0.05, 0.1) is 16.6 Å². The van der Waals surface area contributed by atoms with E-state index in [1.165, 1.54) is 12.1 Å². The third-order valence-corrected chi connectivity index (χ3v) is 4.18. The van der Waals surface area contributed by atoms with Gasteiger partial charge in [0.2, 0.25) is 0 Å². The second kappa shape index (κ2) is 7.77. The monoisotopic (exact) mass is 354 g/mol. The van der Waals surface area contributed by atoms with Crippen molar-refractivity contribution < 1.29 is 9.18 Å². The lowest BCUT2D eigenvalue weighted by atomic mass is 10.1. The van der Waals surface area contributed by atoms with E-state index in [4.69, 9.17) is 23.2 Å². The SMILES string of the molecule is CN(C)C(CNC(=O)c1ccc(F)cc1Cl)c1ccccc1Cl. The van der Waals surface area contributed by atoms with Crippen LogP contribution in [0.5, 0.6) is 0 Å². The average Bonchev–Trinajstić information content (AvgIpc) is 2.48. The largest absolute Gasteiger partial charge is 0.350 e. The molecule has 122 valence electrons. The summed E-state index contributed by atoms with van der Waals surface area (Å²) in [6, 6.07) is 11.1. The maximum absolute atomic E-state index is 13.1. The van der Waals surface area contributed by atoms with Gasteiger partial charge in [-0.2, -0.15) is 0 Å². The number of benzene rings is 2. The van der Waals surface area contributed by atoms with E-state index < -0.39 is 5.82 Å². The molecule has 23 heavy (non-hydrogen) atoms. The minimum Gasteiger partial charge on any atom is -0.350 e. The van der Waals surface area contributed by atoms with Gasteiger partial charge in [0, 0.05) is 11.6 Å². The predicted molar refractivity (Wildman–Crippen MR) is 91.6 cm³/mol. The number of nitrogens with zero attached hydrogens (tertiary/aromatic N) is 1. The molecule has 1 N–H and O–H groups in total. The lowest BCUT2D eigenvalue weighted by Gasteiger charge is -2.26. The maximum Gasteiger partial charge on any atom is 0.252 e. The molecule has 2 rings (SSSR count). The Morgan fingerprint density at radius 2 is 1.87 bits per heavy atom. The van der Waals surface area contributed by atoms with Crippen LogP contribution in [0.4, 0.5) is 4.39 Å². The molecule has 0 radical (unpaired) electrons. The van der Waals surface area contributed by atoms with Crippen LogP contribution in [-0.4, -0.2) is 31.4 Å². The molecule has 0 fully saturated rings. The van der Waals surface area contributed by atoms with Crippen molar-refractivity contribution in [3.05, 3.63) is 69.5 Å². The first kappa shape index (κ1) is 17.7. The van der Waals surface area contributed by atoms with Crippen LogP contribution in [0.1, 0.15) is 22.0 Å². The standard InChI is InChI=1S/C17H17Cl2FN2O/c1-22(2)16(12-5-3-4-6-14(12)18)10-21-17(23)13-8-7-11(20)9-15(13)19/h3-9,16H,10H2,1-2H3,(H,21,23). The zero-order valence-electron chi connectivity index (χ0n) is 12.8. The summed E-state index contributed by atoms with van der Waals surface area (Å²) >= 11 is 12.1. The van der Waals surface area contributed by atoms with Gasteiger partial charge >= 0.3 is 0 Å². The van der Waals surface area contributed by atoms with E-state index in [-0.39, 0.29) is 22.5 Å². The number of hydrogen-bond acceptors (Lipinski definition) is 2. The van der Waals surface area contributed by atoms with Gasteiger partial charge in [0.15, 0.2) is 0 Å². The van der Waals surface area contributed by atoms with Gasteiger partial charge in [-0.1, -0.05) is 41.4 Å². The van der Waals surface area contributed by atoms with Crippen molar-refractivity contribution in [2.24, 2.45) is 0 Å². The van der Waals surface area contributed by atoms with E-state index in [1.54, 1.807) is 0 Å². The summed E-state index contributed by atoms with van der Waals surface area (Å²) in [4.78, 5) is 14.2. The molecule has 2 aromatic carbocycles. The minimum absolute atomic E-state index is 0.0849. The smallest absolute Gasteiger partial charge is 0.252 e. The van der Waals surface area contributed by atoms with E-state index in [9.17, 15) is 9.18 Å². The summed E-state index contributed by atoms with van der Waals surface area (Å²) in [6.07, 6.45) is 0. The Kier molecular flexibility index (Phi) is 5.99. The van der Waals surface area contributed by atoms with E-state index >= 15 is 0 Å². The van der Waals surface area contributed by atoms with Crippen LogP contribution < -0.4 is 5.32 Å². The van der Waals surface area contributed by atoms with E-state index in [0.717, 1.165) is 11.6 Å². The third-order valence-electron chi connectivity index (χ3n) is 3.52. The van der Waals surface area contributed by atoms with E-state index in [0.29, 0.717) is 11.6 Å². The highest BCUT2D eigenvalue weighted by molar-refractivity contribution is 6.33. The Morgan fingerprint density at radius 1 is 1.17 bits per heavy atom. The summed E-state index contributed by atoms with van der Waals surface area (Å²) in [7, 11) is 3.82. The third kappa shape index (κ3) is 4.44. The zero-order valence-corrected chi connectivity index (χ0v) is 14.3. The van der Waals surface area contributed by atoms with Crippen LogP contribution >= 0.6 is 23.2 Å². The first-order chi connectivity index (χ1) is 10.9. The molecule has 1 unspecified atom stereocenters. The molecule has 0 aliphatic rings. The number of halogens is 3. The van der Waals surface area contributed by atoms with Crippen molar-refractivity contribution >= 4 is 29.1 Å². The molecule has 0 aliphatic heterocycles. The number of amides is 1. The van der Waals surface area contributed by atoms with Crippen molar-refractivity contribution in [1.29, 1.82) is 0 Å². The Labute approximate surface area is 145 Å². The van der Waals surface area contributed by atoms with Crippen molar-refractivity contribution in [3.63, 3.8) is 0 Å². The molecule has 1 atom stereocenters. The zero-order chi connectivity index (χ0) is 17.0. The highest BCUT2D eigenvalue weighted by Crippen LogP contribution is 2.25. The molecular formula is C17H17Cl2FN2O. The van der Waals surface area contributed by atoms with E-state index in [1.807, 2.05) is 43.3 Å². The lowest BCUT2D eigenvalue weighted by molar-refractivity contribution is 0.0942. The molecule has 1 amide bonds. The summed E-state index contributed by atoms with van der Waals surface area (Å²) in [5.41, 5.74) is 1.16. The fraction of sp³-hybridized carbons (Fsp3) is 0.235. The molecule has 0 saturated carbocycles.